The molecular weight excluding hydrogens is 290 g/mol. The highest BCUT2D eigenvalue weighted by Gasteiger charge is 2.08. The Hall–Kier alpha value is -3.14. The first-order valence-corrected chi connectivity index (χ1v) is 7.20. The van der Waals surface area contributed by atoms with E-state index in [2.05, 4.69) is 4.98 Å². The summed E-state index contributed by atoms with van der Waals surface area (Å²) >= 11 is 0. The van der Waals surface area contributed by atoms with Gasteiger partial charge < -0.3 is 9.72 Å². The van der Waals surface area contributed by atoms with Crippen LogP contribution in [-0.4, -0.2) is 11.0 Å². The monoisotopic (exact) mass is 305 g/mol. The number of rotatable bonds is 3. The fourth-order valence-corrected chi connectivity index (χ4v) is 2.29. The van der Waals surface area contributed by atoms with Crippen LogP contribution in [0.25, 0.3) is 17.0 Å². The van der Waals surface area contributed by atoms with E-state index >= 15 is 0 Å². The van der Waals surface area contributed by atoms with Crippen LogP contribution in [0, 0.1) is 6.92 Å². The van der Waals surface area contributed by atoms with E-state index in [0.29, 0.717) is 10.9 Å². The van der Waals surface area contributed by atoms with Gasteiger partial charge in [-0.3, -0.25) is 4.79 Å². The van der Waals surface area contributed by atoms with E-state index in [-0.39, 0.29) is 11.3 Å². The number of carbonyl (C=O) groups is 1. The first kappa shape index (κ1) is 14.8. The Bertz CT molecular complexity index is 940. The van der Waals surface area contributed by atoms with Crippen LogP contribution in [0.3, 0.4) is 0 Å². The van der Waals surface area contributed by atoms with Crippen LogP contribution < -0.4 is 10.3 Å². The number of ether oxygens (including phenoxy) is 1. The smallest absolute Gasteiger partial charge is 0.336 e. The molecule has 4 heteroatoms. The molecule has 1 N–H and O–H groups in total. The average Bonchev–Trinajstić information content (AvgIpc) is 2.54. The lowest BCUT2D eigenvalue weighted by Gasteiger charge is -2.06. The molecule has 0 fully saturated rings. The van der Waals surface area contributed by atoms with Gasteiger partial charge in [-0.2, -0.15) is 0 Å². The topological polar surface area (TPSA) is 59.2 Å². The number of aryl methyl sites for hydroxylation is 1. The van der Waals surface area contributed by atoms with Crippen molar-refractivity contribution in [2.45, 2.75) is 6.92 Å². The molecule has 23 heavy (non-hydrogen) atoms. The zero-order valence-corrected chi connectivity index (χ0v) is 12.6. The van der Waals surface area contributed by atoms with Crippen molar-refractivity contribution in [1.29, 1.82) is 0 Å². The van der Waals surface area contributed by atoms with Crippen molar-refractivity contribution in [3.05, 3.63) is 82.2 Å². The Kier molecular flexibility index (Phi) is 4.06. The SMILES string of the molecule is Cc1ccc2[nH]c(=O)cc(OC(=O)/C=C/c3ccccc3)c2c1. The number of pyridine rings is 1. The van der Waals surface area contributed by atoms with Crippen molar-refractivity contribution in [3.63, 3.8) is 0 Å². The van der Waals surface area contributed by atoms with Crippen molar-refractivity contribution in [3.8, 4) is 5.75 Å². The molecule has 0 aliphatic rings. The van der Waals surface area contributed by atoms with Gasteiger partial charge in [0.2, 0.25) is 0 Å². The number of carbonyl (C=O) groups excluding carboxylic acids is 1. The number of esters is 1. The van der Waals surface area contributed by atoms with Crippen molar-refractivity contribution in [1.82, 2.24) is 4.98 Å². The van der Waals surface area contributed by atoms with Crippen molar-refractivity contribution >= 4 is 22.9 Å². The van der Waals surface area contributed by atoms with Crippen LogP contribution in [0.1, 0.15) is 11.1 Å². The second-order valence-corrected chi connectivity index (χ2v) is 5.21. The van der Waals surface area contributed by atoms with Gasteiger partial charge in [0.25, 0.3) is 5.56 Å². The van der Waals surface area contributed by atoms with Gasteiger partial charge in [-0.25, -0.2) is 4.79 Å². The molecule has 0 amide bonds. The van der Waals surface area contributed by atoms with E-state index in [1.165, 1.54) is 12.1 Å². The maximum absolute atomic E-state index is 12.0. The molecule has 114 valence electrons. The number of aromatic amines is 1. The second kappa shape index (κ2) is 6.32. The molecular formula is C19H15NO3. The minimum absolute atomic E-state index is 0.259. The van der Waals surface area contributed by atoms with Gasteiger partial charge in [0.1, 0.15) is 5.75 Å². The summed E-state index contributed by atoms with van der Waals surface area (Å²) < 4.78 is 5.34. The number of aromatic nitrogens is 1. The predicted octanol–water partition coefficient (Wildman–Crippen LogP) is 3.46. The number of H-pyrrole nitrogens is 1. The summed E-state index contributed by atoms with van der Waals surface area (Å²) in [4.78, 5) is 26.4. The minimum atomic E-state index is -0.526. The molecule has 0 aliphatic heterocycles. The molecule has 0 spiro atoms. The number of fused-ring (bicyclic) bond motifs is 1. The van der Waals surface area contributed by atoms with Gasteiger partial charge in [-0.05, 0) is 30.7 Å². The summed E-state index contributed by atoms with van der Waals surface area (Å²) in [6.45, 7) is 1.94. The van der Waals surface area contributed by atoms with Crippen LogP contribution in [0.4, 0.5) is 0 Å². The fourth-order valence-electron chi connectivity index (χ4n) is 2.29. The van der Waals surface area contributed by atoms with E-state index in [1.807, 2.05) is 49.4 Å². The zero-order chi connectivity index (χ0) is 16.2. The van der Waals surface area contributed by atoms with Gasteiger partial charge in [0, 0.05) is 17.5 Å². The van der Waals surface area contributed by atoms with E-state index in [9.17, 15) is 9.59 Å². The number of hydrogen-bond donors (Lipinski definition) is 1. The van der Waals surface area contributed by atoms with Gasteiger partial charge in [0.15, 0.2) is 0 Å². The number of nitrogens with one attached hydrogen (secondary N) is 1. The van der Waals surface area contributed by atoms with Crippen LogP contribution >= 0.6 is 0 Å². The lowest BCUT2D eigenvalue weighted by Crippen LogP contribution is -2.10. The molecule has 0 unspecified atom stereocenters. The minimum Gasteiger partial charge on any atom is -0.422 e. The van der Waals surface area contributed by atoms with Crippen molar-refractivity contribution in [2.24, 2.45) is 0 Å². The molecule has 0 bridgehead atoms. The average molecular weight is 305 g/mol. The maximum atomic E-state index is 12.0. The normalized spacial score (nSPS) is 11.0. The Morgan fingerprint density at radius 3 is 2.65 bits per heavy atom. The first-order chi connectivity index (χ1) is 11.1. The molecule has 0 saturated carbocycles. The van der Waals surface area contributed by atoms with Crippen LogP contribution in [-0.2, 0) is 4.79 Å². The number of hydrogen-bond acceptors (Lipinski definition) is 3. The lowest BCUT2D eigenvalue weighted by molar-refractivity contribution is -0.128. The van der Waals surface area contributed by atoms with Crippen molar-refractivity contribution < 1.29 is 9.53 Å². The second-order valence-electron chi connectivity index (χ2n) is 5.21. The van der Waals surface area contributed by atoms with Crippen LogP contribution in [0.2, 0.25) is 0 Å². The first-order valence-electron chi connectivity index (χ1n) is 7.20. The fraction of sp³-hybridized carbons (Fsp3) is 0.0526. The van der Waals surface area contributed by atoms with Gasteiger partial charge in [-0.15, -0.1) is 0 Å². The molecule has 1 aromatic heterocycles. The highest BCUT2D eigenvalue weighted by molar-refractivity contribution is 5.93. The Morgan fingerprint density at radius 2 is 1.87 bits per heavy atom. The Balaban J connectivity index is 1.89. The molecule has 2 aromatic carbocycles. The maximum Gasteiger partial charge on any atom is 0.336 e. The van der Waals surface area contributed by atoms with Crippen LogP contribution in [0.15, 0.2) is 65.5 Å². The van der Waals surface area contributed by atoms with Crippen molar-refractivity contribution in [2.75, 3.05) is 0 Å². The predicted molar refractivity (Wildman–Crippen MR) is 90.4 cm³/mol. The molecule has 3 rings (SSSR count). The van der Waals surface area contributed by atoms with E-state index in [1.54, 1.807) is 12.1 Å². The zero-order valence-electron chi connectivity index (χ0n) is 12.6. The molecule has 4 nitrogen and oxygen atoms in total. The largest absolute Gasteiger partial charge is 0.422 e. The molecule has 0 aliphatic carbocycles. The summed E-state index contributed by atoms with van der Waals surface area (Å²) in [6.07, 6.45) is 3.01. The highest BCUT2D eigenvalue weighted by atomic mass is 16.5. The van der Waals surface area contributed by atoms with E-state index < -0.39 is 5.97 Å². The molecule has 0 atom stereocenters. The quantitative estimate of drug-likeness (QED) is 0.595. The van der Waals surface area contributed by atoms with Crippen LogP contribution in [0.5, 0.6) is 5.75 Å². The summed E-state index contributed by atoms with van der Waals surface area (Å²) in [6, 6.07) is 16.3. The lowest BCUT2D eigenvalue weighted by atomic mass is 10.1. The number of benzene rings is 2. The molecule has 3 aromatic rings. The third kappa shape index (κ3) is 3.55. The summed E-state index contributed by atoms with van der Waals surface area (Å²) in [5.41, 5.74) is 2.24. The van der Waals surface area contributed by atoms with Gasteiger partial charge in [-0.1, -0.05) is 42.0 Å². The molecule has 0 saturated heterocycles. The van der Waals surface area contributed by atoms with E-state index in [0.717, 1.165) is 11.1 Å². The third-order valence-corrected chi connectivity index (χ3v) is 3.38. The standard InChI is InChI=1S/C19H15NO3/c1-13-7-9-16-15(11-13)17(12-18(21)20-16)23-19(22)10-8-14-5-3-2-4-6-14/h2-12H,1H3,(H,20,21)/b10-8+. The molecule has 0 radical (unpaired) electrons. The third-order valence-electron chi connectivity index (χ3n) is 3.38. The Labute approximate surface area is 133 Å². The van der Waals surface area contributed by atoms with Gasteiger partial charge >= 0.3 is 5.97 Å². The summed E-state index contributed by atoms with van der Waals surface area (Å²) in [7, 11) is 0. The summed E-state index contributed by atoms with van der Waals surface area (Å²) in [5.74, 6) is -0.266. The summed E-state index contributed by atoms with van der Waals surface area (Å²) in [5, 5.41) is 0.700. The van der Waals surface area contributed by atoms with Gasteiger partial charge in [0.05, 0.1) is 5.52 Å². The van der Waals surface area contributed by atoms with E-state index in [4.69, 9.17) is 4.74 Å². The highest BCUT2D eigenvalue weighted by Crippen LogP contribution is 2.23. The molecule has 1 heterocycles. The Morgan fingerprint density at radius 1 is 1.09 bits per heavy atom.